The van der Waals surface area contributed by atoms with Gasteiger partial charge >= 0.3 is 0 Å². The molecule has 0 spiro atoms. The van der Waals surface area contributed by atoms with E-state index in [-0.39, 0.29) is 6.67 Å². The molecule has 0 nitrogen and oxygen atoms in total. The summed E-state index contributed by atoms with van der Waals surface area (Å²) in [5.41, 5.74) is 0. The first-order valence-electron chi connectivity index (χ1n) is 3.97. The van der Waals surface area contributed by atoms with Crippen LogP contribution in [0, 0.1) is 5.92 Å². The standard InChI is InChI=1S/C8H16FI/c1-2-8(7-10)5-3-4-6-9/h8H,2-7H2,1H3. The molecule has 0 rings (SSSR count). The summed E-state index contributed by atoms with van der Waals surface area (Å²) < 4.78 is 12.9. The molecule has 0 aromatic heterocycles. The van der Waals surface area contributed by atoms with E-state index < -0.39 is 0 Å². The van der Waals surface area contributed by atoms with E-state index in [0.717, 1.165) is 18.8 Å². The Hall–Kier alpha value is 0.660. The molecule has 0 aromatic carbocycles. The normalized spacial score (nSPS) is 13.5. The Morgan fingerprint density at radius 2 is 2.10 bits per heavy atom. The molecule has 2 heteroatoms. The van der Waals surface area contributed by atoms with E-state index in [2.05, 4.69) is 29.5 Å². The molecule has 0 amide bonds. The molecule has 0 bridgehead atoms. The lowest BCUT2D eigenvalue weighted by atomic mass is 10.0. The van der Waals surface area contributed by atoms with Gasteiger partial charge in [0.2, 0.25) is 0 Å². The first-order chi connectivity index (χ1) is 4.85. The van der Waals surface area contributed by atoms with Gasteiger partial charge in [0.15, 0.2) is 0 Å². The number of halogens is 2. The van der Waals surface area contributed by atoms with Crippen molar-refractivity contribution in [3.05, 3.63) is 0 Å². The number of unbranched alkanes of at least 4 members (excludes halogenated alkanes) is 1. The van der Waals surface area contributed by atoms with Gasteiger partial charge in [-0.05, 0) is 18.8 Å². The summed E-state index contributed by atoms with van der Waals surface area (Å²) in [5.74, 6) is 0.826. The van der Waals surface area contributed by atoms with Crippen LogP contribution in [-0.4, -0.2) is 11.1 Å². The zero-order valence-electron chi connectivity index (χ0n) is 6.58. The highest BCUT2D eigenvalue weighted by Gasteiger charge is 2.02. The fraction of sp³-hybridized carbons (Fsp3) is 1.00. The predicted octanol–water partition coefficient (Wildman–Crippen LogP) is 3.59. The third-order valence-corrected chi connectivity index (χ3v) is 3.04. The van der Waals surface area contributed by atoms with Gasteiger partial charge in [0.1, 0.15) is 0 Å². The maximum Gasteiger partial charge on any atom is 0.0894 e. The second kappa shape index (κ2) is 7.76. The quantitative estimate of drug-likeness (QED) is 0.388. The van der Waals surface area contributed by atoms with E-state index in [0.29, 0.717) is 0 Å². The van der Waals surface area contributed by atoms with Gasteiger partial charge in [0.25, 0.3) is 0 Å². The lowest BCUT2D eigenvalue weighted by Gasteiger charge is -2.08. The number of hydrogen-bond acceptors (Lipinski definition) is 0. The van der Waals surface area contributed by atoms with Gasteiger partial charge < -0.3 is 0 Å². The van der Waals surface area contributed by atoms with Gasteiger partial charge in [-0.3, -0.25) is 4.39 Å². The molecule has 62 valence electrons. The molecule has 0 aromatic rings. The van der Waals surface area contributed by atoms with Crippen molar-refractivity contribution in [2.45, 2.75) is 32.6 Å². The predicted molar refractivity (Wildman–Crippen MR) is 52.5 cm³/mol. The molecule has 0 saturated carbocycles. The molecule has 0 fully saturated rings. The highest BCUT2D eigenvalue weighted by atomic mass is 127. The summed E-state index contributed by atoms with van der Waals surface area (Å²) in [5, 5.41) is 0. The van der Waals surface area contributed by atoms with E-state index in [1.165, 1.54) is 17.3 Å². The minimum atomic E-state index is -0.141. The van der Waals surface area contributed by atoms with E-state index in [1.54, 1.807) is 0 Å². The SMILES string of the molecule is CCC(CI)CCCCF. The average molecular weight is 258 g/mol. The topological polar surface area (TPSA) is 0 Å². The first-order valence-corrected chi connectivity index (χ1v) is 5.49. The van der Waals surface area contributed by atoms with Gasteiger partial charge in [0.05, 0.1) is 6.67 Å². The summed E-state index contributed by atoms with van der Waals surface area (Å²) >= 11 is 2.41. The van der Waals surface area contributed by atoms with Crippen LogP contribution < -0.4 is 0 Å². The van der Waals surface area contributed by atoms with Crippen LogP contribution in [0.2, 0.25) is 0 Å². The lowest BCUT2D eigenvalue weighted by molar-refractivity contribution is 0.426. The third kappa shape index (κ3) is 5.45. The highest BCUT2D eigenvalue weighted by Crippen LogP contribution is 2.14. The van der Waals surface area contributed by atoms with Gasteiger partial charge in [-0.2, -0.15) is 0 Å². The molecule has 0 aliphatic rings. The smallest absolute Gasteiger partial charge is 0.0894 e. The van der Waals surface area contributed by atoms with E-state index in [9.17, 15) is 4.39 Å². The van der Waals surface area contributed by atoms with E-state index >= 15 is 0 Å². The molecular formula is C8H16FI. The second-order valence-electron chi connectivity index (χ2n) is 2.61. The second-order valence-corrected chi connectivity index (χ2v) is 3.49. The van der Waals surface area contributed by atoms with Crippen LogP contribution in [-0.2, 0) is 0 Å². The molecule has 0 saturated heterocycles. The molecule has 0 heterocycles. The van der Waals surface area contributed by atoms with Crippen LogP contribution in [0.15, 0.2) is 0 Å². The molecule has 0 radical (unpaired) electrons. The van der Waals surface area contributed by atoms with Crippen LogP contribution in [0.4, 0.5) is 4.39 Å². The summed E-state index contributed by atoms with van der Waals surface area (Å²) in [7, 11) is 0. The van der Waals surface area contributed by atoms with Gasteiger partial charge in [0, 0.05) is 4.43 Å². The van der Waals surface area contributed by atoms with E-state index in [1.807, 2.05) is 0 Å². The Morgan fingerprint density at radius 3 is 2.50 bits per heavy atom. The van der Waals surface area contributed by atoms with Crippen molar-refractivity contribution in [2.75, 3.05) is 11.1 Å². The van der Waals surface area contributed by atoms with Crippen molar-refractivity contribution in [3.8, 4) is 0 Å². The Kier molecular flexibility index (Phi) is 8.28. The monoisotopic (exact) mass is 258 g/mol. The fourth-order valence-corrected chi connectivity index (χ4v) is 1.98. The molecule has 0 aliphatic heterocycles. The van der Waals surface area contributed by atoms with E-state index in [4.69, 9.17) is 0 Å². The zero-order chi connectivity index (χ0) is 7.82. The van der Waals surface area contributed by atoms with Crippen molar-refractivity contribution in [3.63, 3.8) is 0 Å². The maximum absolute atomic E-state index is 11.6. The highest BCUT2D eigenvalue weighted by molar-refractivity contribution is 14.1. The average Bonchev–Trinajstić information content (AvgIpc) is 1.99. The fourth-order valence-electron chi connectivity index (χ4n) is 0.918. The lowest BCUT2D eigenvalue weighted by Crippen LogP contribution is -1.99. The third-order valence-electron chi connectivity index (χ3n) is 1.79. The first kappa shape index (κ1) is 10.7. The molecule has 0 N–H and O–H groups in total. The van der Waals surface area contributed by atoms with Crippen LogP contribution in [0.25, 0.3) is 0 Å². The van der Waals surface area contributed by atoms with Gasteiger partial charge in [-0.25, -0.2) is 0 Å². The molecule has 1 unspecified atom stereocenters. The minimum absolute atomic E-state index is 0.141. The number of hydrogen-bond donors (Lipinski definition) is 0. The summed E-state index contributed by atoms with van der Waals surface area (Å²) in [6.45, 7) is 2.07. The minimum Gasteiger partial charge on any atom is -0.251 e. The van der Waals surface area contributed by atoms with Crippen molar-refractivity contribution < 1.29 is 4.39 Å². The summed E-state index contributed by atoms with van der Waals surface area (Å²) in [6, 6.07) is 0. The maximum atomic E-state index is 11.6. The van der Waals surface area contributed by atoms with Crippen LogP contribution in [0.5, 0.6) is 0 Å². The van der Waals surface area contributed by atoms with Crippen molar-refractivity contribution in [2.24, 2.45) is 5.92 Å². The Bertz CT molecular complexity index is 62.3. The molecule has 10 heavy (non-hydrogen) atoms. The molecule has 0 aliphatic carbocycles. The zero-order valence-corrected chi connectivity index (χ0v) is 8.73. The van der Waals surface area contributed by atoms with Crippen molar-refractivity contribution >= 4 is 22.6 Å². The molecular weight excluding hydrogens is 242 g/mol. The Morgan fingerprint density at radius 1 is 1.40 bits per heavy atom. The Balaban J connectivity index is 3.09. The molecule has 1 atom stereocenters. The van der Waals surface area contributed by atoms with Gasteiger partial charge in [-0.15, -0.1) is 0 Å². The number of alkyl halides is 2. The van der Waals surface area contributed by atoms with Crippen molar-refractivity contribution in [1.29, 1.82) is 0 Å². The van der Waals surface area contributed by atoms with Gasteiger partial charge in [-0.1, -0.05) is 42.4 Å². The van der Waals surface area contributed by atoms with Crippen LogP contribution in [0.1, 0.15) is 32.6 Å². The van der Waals surface area contributed by atoms with Crippen molar-refractivity contribution in [1.82, 2.24) is 0 Å². The van der Waals surface area contributed by atoms with Crippen LogP contribution >= 0.6 is 22.6 Å². The Labute approximate surface area is 76.7 Å². The summed E-state index contributed by atoms with van der Waals surface area (Å²) in [6.07, 6.45) is 4.28. The summed E-state index contributed by atoms with van der Waals surface area (Å²) in [4.78, 5) is 0. The van der Waals surface area contributed by atoms with Crippen LogP contribution in [0.3, 0.4) is 0 Å². The number of rotatable bonds is 6. The largest absolute Gasteiger partial charge is 0.251 e.